The van der Waals surface area contributed by atoms with Crippen LogP contribution in [0.25, 0.3) is 0 Å². The van der Waals surface area contributed by atoms with E-state index in [-0.39, 0.29) is 66.6 Å². The van der Waals surface area contributed by atoms with Crippen LogP contribution in [0.15, 0.2) is 47.6 Å². The fourth-order valence-electron chi connectivity index (χ4n) is 12.1. The summed E-state index contributed by atoms with van der Waals surface area (Å²) >= 11 is 0. The summed E-state index contributed by atoms with van der Waals surface area (Å²) in [6, 6.07) is -1.70. The molecule has 6 rings (SSSR count). The van der Waals surface area contributed by atoms with Crippen molar-refractivity contribution in [1.82, 2.24) is 9.21 Å². The van der Waals surface area contributed by atoms with Gasteiger partial charge in [0, 0.05) is 45.2 Å². The number of Topliss-reactive ketones (excluding diaryl/α,β-unsaturated/α-hetero) is 2. The standard InChI is InChI=1S/C52H80N2O13S/c1-31-13-10-9-11-14-33(3)41(54-22-12-24-68(54,62)63)30-39-18-16-36(6)52(61,67-39)49(58)50(59)53-23-21-38-29-42(53)51(60)66-44(40(38)27-37-17-19-43(55)45(28-37)64-7)20-15-32(2)26-35(5)47(57)48(65-8)46(56)34(4)25-31/h9-11,13-14,26,31-32,34,36-45,47-48,55,57,61H,12,15-25,27-30H2,1-8H3/b11-9+,13-10+,33-14?,35-26+/t31-,32+,34-,36-,37+,38?,39+,40+,41-,42+,43-,44+,45-,47-,48+,52-/m1/s1. The van der Waals surface area contributed by atoms with Crippen LogP contribution >= 0.6 is 0 Å². The Morgan fingerprint density at radius 3 is 2.25 bits per heavy atom. The van der Waals surface area contributed by atoms with Crippen molar-refractivity contribution in [3.63, 3.8) is 0 Å². The van der Waals surface area contributed by atoms with Crippen LogP contribution in [-0.2, 0) is 48.1 Å². The van der Waals surface area contributed by atoms with Crippen LogP contribution in [0.4, 0.5) is 0 Å². The Hall–Kier alpha value is -3.09. The van der Waals surface area contributed by atoms with Gasteiger partial charge in [0.05, 0.1) is 24.1 Å². The average molecular weight is 973 g/mol. The lowest BCUT2D eigenvalue weighted by Gasteiger charge is -2.44. The monoisotopic (exact) mass is 973 g/mol. The molecular formula is C52H80N2O13S. The Morgan fingerprint density at radius 1 is 0.809 bits per heavy atom. The number of hydrogen-bond donors (Lipinski definition) is 3. The van der Waals surface area contributed by atoms with Crippen LogP contribution in [0, 0.1) is 41.4 Å². The van der Waals surface area contributed by atoms with Crippen molar-refractivity contribution in [1.29, 1.82) is 0 Å². The maximum Gasteiger partial charge on any atom is 0.329 e. The summed E-state index contributed by atoms with van der Waals surface area (Å²) in [6.07, 6.45) is 13.4. The van der Waals surface area contributed by atoms with Crippen LogP contribution in [-0.4, -0.2) is 144 Å². The van der Waals surface area contributed by atoms with Crippen molar-refractivity contribution in [2.24, 2.45) is 41.4 Å². The predicted molar refractivity (Wildman–Crippen MR) is 256 cm³/mol. The Labute approximate surface area is 404 Å². The zero-order valence-corrected chi connectivity index (χ0v) is 42.5. The van der Waals surface area contributed by atoms with Gasteiger partial charge >= 0.3 is 5.97 Å². The lowest BCUT2D eigenvalue weighted by atomic mass is 9.71. The van der Waals surface area contributed by atoms with Crippen molar-refractivity contribution in [2.75, 3.05) is 33.1 Å². The number of ketones is 2. The maximum absolute atomic E-state index is 14.5. The SMILES string of the molecule is CO[C@@H]1C[C@H](C[C@H]2C3CCN4C(=O)C(=O)[C@]5(O)O[C@@H](CC[C@H]5C)C[C@@H](N5CCCS5(=O)=O)C(C)=C/C=C/C=C/[C@@H](C)C[C@@H](C)C(=O)[C@H](OC)[C@H](O)/C(C)=C/[C@@H](C)CC[C@@H]2OC(=O)[C@@H]4C3)CC[C@H]1O. The number of allylic oxidation sites excluding steroid dienone is 6. The molecule has 1 amide bonds. The minimum Gasteiger partial charge on any atom is -0.461 e. The molecule has 16 heteroatoms. The molecule has 6 aliphatic rings. The first-order valence-corrected chi connectivity index (χ1v) is 26.9. The van der Waals surface area contributed by atoms with Gasteiger partial charge in [-0.1, -0.05) is 69.7 Å². The van der Waals surface area contributed by atoms with E-state index in [0.29, 0.717) is 69.9 Å². The van der Waals surface area contributed by atoms with Gasteiger partial charge < -0.3 is 39.2 Å². The first-order valence-electron chi connectivity index (χ1n) is 25.3. The zero-order chi connectivity index (χ0) is 49.7. The largest absolute Gasteiger partial charge is 0.461 e. The van der Waals surface area contributed by atoms with Gasteiger partial charge in [-0.2, -0.15) is 4.31 Å². The number of methoxy groups -OCH3 is 2. The summed E-state index contributed by atoms with van der Waals surface area (Å²) in [7, 11) is -0.564. The number of carbonyl (C=O) groups is 4. The number of esters is 1. The second kappa shape index (κ2) is 23.4. The van der Waals surface area contributed by atoms with Crippen molar-refractivity contribution < 1.29 is 61.9 Å². The van der Waals surface area contributed by atoms with Crippen molar-refractivity contribution in [3.05, 3.63) is 47.6 Å². The fraction of sp³-hybridized carbons (Fsp3) is 0.769. The Bertz CT molecular complexity index is 2040. The van der Waals surface area contributed by atoms with E-state index in [1.165, 1.54) is 16.3 Å². The molecule has 15 nitrogen and oxygen atoms in total. The fourth-order valence-corrected chi connectivity index (χ4v) is 13.9. The number of aliphatic hydroxyl groups excluding tert-OH is 2. The van der Waals surface area contributed by atoms with Crippen LogP contribution in [0.5, 0.6) is 0 Å². The van der Waals surface area contributed by atoms with E-state index in [1.54, 1.807) is 21.0 Å². The Kier molecular flexibility index (Phi) is 18.7. The number of sulfonamides is 1. The quantitative estimate of drug-likeness (QED) is 0.174. The number of amides is 1. The molecule has 0 aromatic rings. The molecule has 5 aliphatic heterocycles. The van der Waals surface area contributed by atoms with Crippen LogP contribution in [0.2, 0.25) is 0 Å². The molecule has 1 unspecified atom stereocenters. The average Bonchev–Trinajstić information content (AvgIpc) is 3.62. The lowest BCUT2D eigenvalue weighted by molar-refractivity contribution is -0.264. The molecule has 3 N–H and O–H groups in total. The number of carbonyl (C=O) groups excluding carboxylic acids is 4. The van der Waals surface area contributed by atoms with Crippen molar-refractivity contribution in [3.8, 4) is 0 Å². The Balaban J connectivity index is 1.33. The molecule has 16 atom stereocenters. The van der Waals surface area contributed by atoms with E-state index in [4.69, 9.17) is 18.9 Å². The van der Waals surface area contributed by atoms with E-state index >= 15 is 0 Å². The number of hydrogen-bond acceptors (Lipinski definition) is 13. The molecule has 5 heterocycles. The number of nitrogens with zero attached hydrogens (tertiary/aromatic N) is 2. The van der Waals surface area contributed by atoms with Gasteiger partial charge in [-0.25, -0.2) is 13.2 Å². The van der Waals surface area contributed by atoms with Crippen LogP contribution < -0.4 is 0 Å². The normalized spacial score (nSPS) is 42.8. The third kappa shape index (κ3) is 12.5. The molecule has 0 spiro atoms. The third-order valence-corrected chi connectivity index (χ3v) is 18.2. The zero-order valence-electron chi connectivity index (χ0n) is 41.7. The highest BCUT2D eigenvalue weighted by molar-refractivity contribution is 7.89. The van der Waals surface area contributed by atoms with Crippen molar-refractivity contribution >= 4 is 33.5 Å². The topological polar surface area (TPSA) is 207 Å². The van der Waals surface area contributed by atoms with E-state index in [9.17, 15) is 42.9 Å². The van der Waals surface area contributed by atoms with Crippen LogP contribution in [0.3, 0.4) is 0 Å². The van der Waals surface area contributed by atoms with Gasteiger partial charge in [0.15, 0.2) is 5.78 Å². The molecule has 4 saturated heterocycles. The van der Waals surface area contributed by atoms with Gasteiger partial charge in [0.1, 0.15) is 24.4 Å². The molecule has 1 saturated carbocycles. The first kappa shape index (κ1) is 54.2. The molecule has 5 fully saturated rings. The molecule has 382 valence electrons. The van der Waals surface area contributed by atoms with E-state index in [1.807, 2.05) is 64.2 Å². The second-order valence-electron chi connectivity index (χ2n) is 21.2. The summed E-state index contributed by atoms with van der Waals surface area (Å²) in [4.78, 5) is 58.3. The summed E-state index contributed by atoms with van der Waals surface area (Å²) in [5.74, 6) is -6.64. The highest BCUT2D eigenvalue weighted by Crippen LogP contribution is 2.44. The third-order valence-electron chi connectivity index (χ3n) is 16.2. The number of fused-ring (bicyclic) bond motifs is 5. The summed E-state index contributed by atoms with van der Waals surface area (Å²) < 4.78 is 52.2. The first-order chi connectivity index (χ1) is 32.2. The molecule has 0 radical (unpaired) electrons. The summed E-state index contributed by atoms with van der Waals surface area (Å²) in [5, 5.41) is 34.3. The number of ether oxygens (including phenoxy) is 4. The minimum atomic E-state index is -3.60. The smallest absolute Gasteiger partial charge is 0.329 e. The molecule has 0 aromatic heterocycles. The summed E-state index contributed by atoms with van der Waals surface area (Å²) in [6.45, 7) is 11.6. The minimum absolute atomic E-state index is 0.00280. The number of piperidine rings is 1. The van der Waals surface area contributed by atoms with Gasteiger partial charge in [-0.15, -0.1) is 0 Å². The molecular weight excluding hydrogens is 893 g/mol. The summed E-state index contributed by atoms with van der Waals surface area (Å²) in [5.41, 5.74) is 1.33. The predicted octanol–water partition coefficient (Wildman–Crippen LogP) is 5.61. The van der Waals surface area contributed by atoms with Crippen LogP contribution in [0.1, 0.15) is 125 Å². The molecule has 68 heavy (non-hydrogen) atoms. The van der Waals surface area contributed by atoms with Crippen molar-refractivity contribution in [2.45, 2.75) is 180 Å². The second-order valence-corrected chi connectivity index (χ2v) is 23.3. The van der Waals surface area contributed by atoms with E-state index < -0.39 is 87.9 Å². The van der Waals surface area contributed by atoms with Gasteiger partial charge in [-0.3, -0.25) is 14.4 Å². The highest BCUT2D eigenvalue weighted by atomic mass is 32.2. The Morgan fingerprint density at radius 2 is 1.56 bits per heavy atom. The highest BCUT2D eigenvalue weighted by Gasteiger charge is 2.55. The van der Waals surface area contributed by atoms with E-state index in [0.717, 1.165) is 18.4 Å². The van der Waals surface area contributed by atoms with Gasteiger partial charge in [0.25, 0.3) is 11.7 Å². The lowest BCUT2D eigenvalue weighted by Crippen LogP contribution is -2.61. The number of aliphatic hydroxyl groups is 3. The molecule has 5 bridgehead atoms. The number of rotatable bonds is 5. The van der Waals surface area contributed by atoms with Gasteiger partial charge in [0.2, 0.25) is 15.8 Å². The maximum atomic E-state index is 14.5. The molecule has 1 aliphatic carbocycles. The molecule has 0 aromatic carbocycles. The van der Waals surface area contributed by atoms with E-state index in [2.05, 4.69) is 0 Å². The van der Waals surface area contributed by atoms with Gasteiger partial charge in [-0.05, 0) is 132 Å².